The van der Waals surface area contributed by atoms with Crippen LogP contribution in [0, 0.1) is 0 Å². The van der Waals surface area contributed by atoms with Crippen molar-refractivity contribution in [2.24, 2.45) is 0 Å². The first-order chi connectivity index (χ1) is 4.63. The Morgan fingerprint density at radius 3 is 1.40 bits per heavy atom. The Morgan fingerprint density at radius 2 is 1.20 bits per heavy atom. The lowest BCUT2D eigenvalue weighted by molar-refractivity contribution is -0.165. The molecular formula is C4H8O4P2. The normalized spacial score (nSPS) is 13.0. The van der Waals surface area contributed by atoms with E-state index in [4.69, 9.17) is 0 Å². The fourth-order valence-electron chi connectivity index (χ4n) is 0.482. The van der Waals surface area contributed by atoms with Gasteiger partial charge >= 0.3 is 16.1 Å². The molecule has 0 radical (unpaired) electrons. The summed E-state index contributed by atoms with van der Waals surface area (Å²) in [6, 6.07) is 0. The minimum atomic E-state index is -2.33. The minimum Gasteiger partial charge on any atom is -0.596 e. The van der Waals surface area contributed by atoms with Gasteiger partial charge in [0.05, 0.1) is 0 Å². The molecule has 2 unspecified atom stereocenters. The van der Waals surface area contributed by atoms with Crippen molar-refractivity contribution in [3.8, 4) is 0 Å². The van der Waals surface area contributed by atoms with Crippen LogP contribution in [0.1, 0.15) is 12.8 Å². The third-order valence-electron chi connectivity index (χ3n) is 0.931. The van der Waals surface area contributed by atoms with Crippen LogP contribution in [-0.2, 0) is 9.13 Å². The first-order valence-electron chi connectivity index (χ1n) is 2.86. The topological polar surface area (TPSA) is 80.3 Å². The Hall–Kier alpha value is 0.120. The van der Waals surface area contributed by atoms with Gasteiger partial charge in [-0.25, -0.2) is 0 Å². The molecule has 6 heteroatoms. The van der Waals surface area contributed by atoms with Crippen molar-refractivity contribution in [1.82, 2.24) is 0 Å². The fourth-order valence-corrected chi connectivity index (χ4v) is 1.45. The maximum Gasteiger partial charge on any atom is 0.308 e. The van der Waals surface area contributed by atoms with Gasteiger partial charge in [0.15, 0.2) is 0 Å². The highest BCUT2D eigenvalue weighted by molar-refractivity contribution is 7.36. The smallest absolute Gasteiger partial charge is 0.308 e. The fraction of sp³-hybridized carbons (Fsp3) is 1.00. The molecule has 0 aromatic rings. The molecule has 0 aromatic heterocycles. The zero-order valence-corrected chi connectivity index (χ0v) is 7.14. The summed E-state index contributed by atoms with van der Waals surface area (Å²) >= 11 is 0. The van der Waals surface area contributed by atoms with Crippen molar-refractivity contribution >= 4 is 16.1 Å². The average molecular weight is 182 g/mol. The van der Waals surface area contributed by atoms with Crippen LogP contribution in [0.5, 0.6) is 0 Å². The lowest BCUT2D eigenvalue weighted by Gasteiger charge is -1.88. The van der Waals surface area contributed by atoms with E-state index in [1.807, 2.05) is 0 Å². The molecule has 0 saturated carbocycles. The number of hydrogen-bond donors (Lipinski definition) is 0. The molecule has 0 N–H and O–H groups in total. The van der Waals surface area contributed by atoms with Crippen LogP contribution >= 0.6 is 16.1 Å². The summed E-state index contributed by atoms with van der Waals surface area (Å²) in [5, 5.41) is 0. The van der Waals surface area contributed by atoms with Gasteiger partial charge in [-0.2, -0.15) is 0 Å². The van der Waals surface area contributed by atoms with Gasteiger partial charge in [0.25, 0.3) is 0 Å². The summed E-state index contributed by atoms with van der Waals surface area (Å²) in [7, 11) is -4.66. The highest BCUT2D eigenvalue weighted by Crippen LogP contribution is 2.14. The molecule has 0 heterocycles. The molecule has 4 nitrogen and oxygen atoms in total. The minimum absolute atomic E-state index is 0.0957. The quantitative estimate of drug-likeness (QED) is 0.441. The largest absolute Gasteiger partial charge is 0.596 e. The molecule has 0 amide bonds. The SMILES string of the molecule is O=[P+]([O-])CCCC[P+](=O)[O-]. The van der Waals surface area contributed by atoms with Crippen molar-refractivity contribution in [2.75, 3.05) is 12.3 Å². The third kappa shape index (κ3) is 8.12. The summed E-state index contributed by atoms with van der Waals surface area (Å²) in [5.41, 5.74) is 0. The molecule has 0 saturated heterocycles. The van der Waals surface area contributed by atoms with Gasteiger partial charge in [-0.15, -0.1) is 0 Å². The van der Waals surface area contributed by atoms with Crippen LogP contribution in [0.3, 0.4) is 0 Å². The first kappa shape index (κ1) is 10.1. The monoisotopic (exact) mass is 182 g/mol. The van der Waals surface area contributed by atoms with Gasteiger partial charge in [0.2, 0.25) is 0 Å². The van der Waals surface area contributed by atoms with Gasteiger partial charge < -0.3 is 9.79 Å². The molecule has 0 aliphatic heterocycles. The standard InChI is InChI=1S/C4H8O4P2/c5-9(6)3-1-2-4-10(7)8/h1-4H2. The summed E-state index contributed by atoms with van der Waals surface area (Å²) in [5.74, 6) is 0. The van der Waals surface area contributed by atoms with Crippen LogP contribution < -0.4 is 9.79 Å². The molecule has 10 heavy (non-hydrogen) atoms. The second-order valence-corrected chi connectivity index (χ2v) is 4.05. The molecule has 2 atom stereocenters. The summed E-state index contributed by atoms with van der Waals surface area (Å²) in [4.78, 5) is 19.9. The number of unbranched alkanes of at least 4 members (excludes halogenated alkanes) is 1. The Labute approximate surface area is 61.0 Å². The van der Waals surface area contributed by atoms with Gasteiger partial charge in [-0.3, -0.25) is 0 Å². The van der Waals surface area contributed by atoms with E-state index in [9.17, 15) is 18.9 Å². The van der Waals surface area contributed by atoms with Crippen LogP contribution in [0.25, 0.3) is 0 Å². The van der Waals surface area contributed by atoms with Crippen molar-refractivity contribution in [3.63, 3.8) is 0 Å². The Balaban J connectivity index is 3.06. The van der Waals surface area contributed by atoms with E-state index in [0.29, 0.717) is 12.8 Å². The predicted molar refractivity (Wildman–Crippen MR) is 34.2 cm³/mol. The van der Waals surface area contributed by atoms with Gasteiger partial charge in [-0.1, -0.05) is 9.13 Å². The summed E-state index contributed by atoms with van der Waals surface area (Å²) in [6.07, 6.45) is 1.08. The van der Waals surface area contributed by atoms with Gasteiger partial charge in [0.1, 0.15) is 12.3 Å². The van der Waals surface area contributed by atoms with Crippen LogP contribution in [0.2, 0.25) is 0 Å². The highest BCUT2D eigenvalue weighted by atomic mass is 31.1. The second kappa shape index (κ2) is 5.87. The van der Waals surface area contributed by atoms with Crippen LogP contribution in [-0.4, -0.2) is 12.3 Å². The Bertz CT molecular complexity index is 119. The molecule has 0 aliphatic carbocycles. The molecular weight excluding hydrogens is 174 g/mol. The van der Waals surface area contributed by atoms with E-state index in [1.165, 1.54) is 0 Å². The lowest BCUT2D eigenvalue weighted by atomic mass is 10.4. The van der Waals surface area contributed by atoms with Crippen molar-refractivity contribution in [2.45, 2.75) is 12.8 Å². The van der Waals surface area contributed by atoms with E-state index in [-0.39, 0.29) is 12.3 Å². The maximum atomic E-state index is 9.93. The molecule has 0 rings (SSSR count). The third-order valence-corrected chi connectivity index (χ3v) is 2.29. The van der Waals surface area contributed by atoms with Gasteiger partial charge in [0, 0.05) is 0 Å². The Morgan fingerprint density at radius 1 is 0.900 bits per heavy atom. The zero-order chi connectivity index (χ0) is 7.98. The van der Waals surface area contributed by atoms with E-state index >= 15 is 0 Å². The van der Waals surface area contributed by atoms with Crippen LogP contribution in [0.4, 0.5) is 0 Å². The van der Waals surface area contributed by atoms with Gasteiger partial charge in [-0.05, 0) is 12.8 Å². The molecule has 58 valence electrons. The number of rotatable bonds is 5. The molecule has 0 bridgehead atoms. The van der Waals surface area contributed by atoms with E-state index in [1.54, 1.807) is 0 Å². The average Bonchev–Trinajstić information content (AvgIpc) is 1.79. The maximum absolute atomic E-state index is 9.93. The van der Waals surface area contributed by atoms with Crippen LogP contribution in [0.15, 0.2) is 0 Å². The molecule has 0 aliphatic rings. The lowest BCUT2D eigenvalue weighted by Crippen LogP contribution is -1.95. The van der Waals surface area contributed by atoms with Crippen molar-refractivity contribution < 1.29 is 18.9 Å². The molecule has 0 fully saturated rings. The van der Waals surface area contributed by atoms with Crippen molar-refractivity contribution in [3.05, 3.63) is 0 Å². The zero-order valence-electron chi connectivity index (χ0n) is 5.36. The Kier molecular flexibility index (Phi) is 5.94. The van der Waals surface area contributed by atoms with E-state index < -0.39 is 16.1 Å². The molecule has 0 aromatic carbocycles. The second-order valence-electron chi connectivity index (χ2n) is 1.82. The van der Waals surface area contributed by atoms with Crippen molar-refractivity contribution in [1.29, 1.82) is 0 Å². The van der Waals surface area contributed by atoms with E-state index in [2.05, 4.69) is 0 Å². The highest BCUT2D eigenvalue weighted by Gasteiger charge is 2.03. The predicted octanol–water partition coefficient (Wildman–Crippen LogP) is -0.0280. The summed E-state index contributed by atoms with van der Waals surface area (Å²) in [6.45, 7) is 0. The van der Waals surface area contributed by atoms with E-state index in [0.717, 1.165) is 0 Å². The first-order valence-corrected chi connectivity index (χ1v) is 5.59. The molecule has 0 spiro atoms. The summed E-state index contributed by atoms with van der Waals surface area (Å²) < 4.78 is 19.9. The number of hydrogen-bond acceptors (Lipinski definition) is 4.